The van der Waals surface area contributed by atoms with Crippen molar-refractivity contribution >= 4 is 28.1 Å². The van der Waals surface area contributed by atoms with E-state index in [2.05, 4.69) is 15.6 Å². The maximum atomic E-state index is 12.8. The molecule has 32 heavy (non-hydrogen) atoms. The molecule has 0 bridgehead atoms. The van der Waals surface area contributed by atoms with Crippen molar-refractivity contribution in [3.05, 3.63) is 58.6 Å². The van der Waals surface area contributed by atoms with Crippen molar-refractivity contribution in [3.8, 4) is 17.2 Å². The van der Waals surface area contributed by atoms with Crippen LogP contribution in [-0.2, 0) is 12.7 Å². The van der Waals surface area contributed by atoms with E-state index >= 15 is 0 Å². The Morgan fingerprint density at radius 3 is 2.34 bits per heavy atom. The normalized spacial score (nSPS) is 11.1. The Hall–Kier alpha value is -3.47. The van der Waals surface area contributed by atoms with E-state index in [9.17, 15) is 18.0 Å². The zero-order valence-corrected chi connectivity index (χ0v) is 18.2. The van der Waals surface area contributed by atoms with Crippen LogP contribution in [0.5, 0.6) is 17.2 Å². The van der Waals surface area contributed by atoms with E-state index in [0.29, 0.717) is 33.6 Å². The number of methoxy groups -OCH3 is 3. The average molecular weight is 467 g/mol. The number of aromatic nitrogens is 1. The van der Waals surface area contributed by atoms with Gasteiger partial charge >= 0.3 is 6.18 Å². The summed E-state index contributed by atoms with van der Waals surface area (Å²) in [5.41, 5.74) is 0.301. The smallest absolute Gasteiger partial charge is 0.416 e. The van der Waals surface area contributed by atoms with Gasteiger partial charge < -0.3 is 24.8 Å². The molecule has 11 heteroatoms. The second-order valence-electron chi connectivity index (χ2n) is 6.46. The summed E-state index contributed by atoms with van der Waals surface area (Å²) >= 11 is 1.19. The summed E-state index contributed by atoms with van der Waals surface area (Å²) in [7, 11) is 4.49. The van der Waals surface area contributed by atoms with Gasteiger partial charge in [0.2, 0.25) is 5.75 Å². The van der Waals surface area contributed by atoms with Gasteiger partial charge in [-0.25, -0.2) is 4.98 Å². The first kappa shape index (κ1) is 23.2. The van der Waals surface area contributed by atoms with Gasteiger partial charge in [-0.15, -0.1) is 11.3 Å². The van der Waals surface area contributed by atoms with Crippen LogP contribution in [0.3, 0.4) is 0 Å². The minimum absolute atomic E-state index is 0.0596. The van der Waals surface area contributed by atoms with E-state index in [-0.39, 0.29) is 12.2 Å². The number of ether oxygens (including phenoxy) is 3. The van der Waals surface area contributed by atoms with E-state index in [0.717, 1.165) is 12.1 Å². The lowest BCUT2D eigenvalue weighted by atomic mass is 10.1. The molecule has 0 saturated heterocycles. The average Bonchev–Trinajstić information content (AvgIpc) is 3.24. The van der Waals surface area contributed by atoms with Crippen molar-refractivity contribution in [1.82, 2.24) is 10.3 Å². The van der Waals surface area contributed by atoms with Crippen LogP contribution in [0.2, 0.25) is 0 Å². The number of alkyl halides is 3. The zero-order valence-electron chi connectivity index (χ0n) is 17.4. The van der Waals surface area contributed by atoms with Gasteiger partial charge in [-0.05, 0) is 17.7 Å². The molecule has 3 rings (SSSR count). The number of anilines is 2. The lowest BCUT2D eigenvalue weighted by molar-refractivity contribution is -0.137. The number of hydrogen-bond donors (Lipinski definition) is 2. The van der Waals surface area contributed by atoms with Gasteiger partial charge in [0.05, 0.1) is 26.9 Å². The molecule has 0 fully saturated rings. The summed E-state index contributed by atoms with van der Waals surface area (Å²) in [4.78, 5) is 16.6. The van der Waals surface area contributed by atoms with Crippen molar-refractivity contribution in [2.45, 2.75) is 12.7 Å². The topological polar surface area (TPSA) is 81.7 Å². The maximum Gasteiger partial charge on any atom is 0.416 e. The third-order valence-electron chi connectivity index (χ3n) is 4.36. The monoisotopic (exact) mass is 467 g/mol. The molecule has 1 heterocycles. The van der Waals surface area contributed by atoms with Crippen LogP contribution < -0.4 is 24.8 Å². The highest BCUT2D eigenvalue weighted by Gasteiger charge is 2.30. The lowest BCUT2D eigenvalue weighted by Gasteiger charge is -2.14. The highest BCUT2D eigenvalue weighted by molar-refractivity contribution is 7.14. The number of benzene rings is 2. The summed E-state index contributed by atoms with van der Waals surface area (Å²) in [5.74, 6) is 0.834. The van der Waals surface area contributed by atoms with E-state index in [1.54, 1.807) is 17.5 Å². The molecule has 170 valence electrons. The van der Waals surface area contributed by atoms with E-state index in [1.165, 1.54) is 44.8 Å². The Labute approximate surface area is 186 Å². The SMILES string of the molecule is COc1cc(Nc2nc(C(=O)NCc3cccc(C(F)(F)F)c3)cs2)cc(OC)c1OC. The molecular weight excluding hydrogens is 447 g/mol. The van der Waals surface area contributed by atoms with Crippen molar-refractivity contribution in [2.24, 2.45) is 0 Å². The molecule has 1 amide bonds. The molecule has 0 atom stereocenters. The number of nitrogens with one attached hydrogen (secondary N) is 2. The second kappa shape index (κ2) is 9.77. The van der Waals surface area contributed by atoms with Crippen molar-refractivity contribution < 1.29 is 32.2 Å². The third kappa shape index (κ3) is 5.41. The van der Waals surface area contributed by atoms with E-state index in [4.69, 9.17) is 14.2 Å². The quantitative estimate of drug-likeness (QED) is 0.492. The number of nitrogens with zero attached hydrogens (tertiary/aromatic N) is 1. The van der Waals surface area contributed by atoms with E-state index in [1.807, 2.05) is 0 Å². The second-order valence-corrected chi connectivity index (χ2v) is 7.32. The van der Waals surface area contributed by atoms with Gasteiger partial charge in [0.15, 0.2) is 16.6 Å². The summed E-state index contributed by atoms with van der Waals surface area (Å²) in [5, 5.41) is 7.62. The lowest BCUT2D eigenvalue weighted by Crippen LogP contribution is -2.23. The van der Waals surface area contributed by atoms with Crippen LogP contribution in [0.4, 0.5) is 24.0 Å². The molecule has 2 N–H and O–H groups in total. The number of hydrogen-bond acceptors (Lipinski definition) is 7. The number of carbonyl (C=O) groups is 1. The zero-order chi connectivity index (χ0) is 23.3. The third-order valence-corrected chi connectivity index (χ3v) is 5.12. The first-order valence-corrected chi connectivity index (χ1v) is 10.1. The first-order valence-electron chi connectivity index (χ1n) is 9.22. The number of rotatable bonds is 8. The highest BCUT2D eigenvalue weighted by atomic mass is 32.1. The van der Waals surface area contributed by atoms with E-state index < -0.39 is 17.6 Å². The fraction of sp³-hybridized carbons (Fsp3) is 0.238. The molecule has 7 nitrogen and oxygen atoms in total. The molecule has 0 saturated carbocycles. The van der Waals surface area contributed by atoms with Crippen LogP contribution in [0.15, 0.2) is 41.8 Å². The van der Waals surface area contributed by atoms with Crippen LogP contribution >= 0.6 is 11.3 Å². The van der Waals surface area contributed by atoms with Crippen molar-refractivity contribution in [3.63, 3.8) is 0 Å². The number of amides is 1. The fourth-order valence-electron chi connectivity index (χ4n) is 2.84. The first-order chi connectivity index (χ1) is 15.2. The standard InChI is InChI=1S/C21H20F3N3O4S/c1-29-16-8-14(9-17(30-2)18(16)31-3)26-20-27-15(11-32-20)19(28)25-10-12-5-4-6-13(7-12)21(22,23)24/h4-9,11H,10H2,1-3H3,(H,25,28)(H,26,27). The number of carbonyl (C=O) groups excluding carboxylic acids is 1. The molecule has 3 aromatic rings. The Kier molecular flexibility index (Phi) is 7.08. The molecule has 0 radical (unpaired) electrons. The molecule has 2 aromatic carbocycles. The summed E-state index contributed by atoms with van der Waals surface area (Å²) in [6, 6.07) is 8.17. The minimum atomic E-state index is -4.44. The predicted octanol–water partition coefficient (Wildman–Crippen LogP) is 4.86. The molecule has 1 aromatic heterocycles. The van der Waals surface area contributed by atoms with Gasteiger partial charge in [-0.3, -0.25) is 4.79 Å². The van der Waals surface area contributed by atoms with Crippen LogP contribution in [0, 0.1) is 0 Å². The number of thiazole rings is 1. The van der Waals surface area contributed by atoms with Gasteiger partial charge in [-0.2, -0.15) is 13.2 Å². The predicted molar refractivity (Wildman–Crippen MR) is 114 cm³/mol. The minimum Gasteiger partial charge on any atom is -0.493 e. The Balaban J connectivity index is 1.68. The largest absolute Gasteiger partial charge is 0.493 e. The summed E-state index contributed by atoms with van der Waals surface area (Å²) in [6.45, 7) is -0.0596. The Morgan fingerprint density at radius 1 is 1.06 bits per heavy atom. The van der Waals surface area contributed by atoms with Crippen LogP contribution in [0.1, 0.15) is 21.6 Å². The van der Waals surface area contributed by atoms with Crippen LogP contribution in [-0.4, -0.2) is 32.2 Å². The Morgan fingerprint density at radius 2 is 1.75 bits per heavy atom. The Bertz CT molecular complexity index is 1080. The van der Waals surface area contributed by atoms with Gasteiger partial charge in [0, 0.05) is 29.7 Å². The maximum absolute atomic E-state index is 12.8. The summed E-state index contributed by atoms with van der Waals surface area (Å²) in [6.07, 6.45) is -4.44. The molecule has 0 unspecified atom stereocenters. The van der Waals surface area contributed by atoms with Crippen molar-refractivity contribution in [1.29, 1.82) is 0 Å². The fourth-order valence-corrected chi connectivity index (χ4v) is 3.55. The molecule has 0 aliphatic rings. The number of halogens is 3. The molecule has 0 aliphatic carbocycles. The van der Waals surface area contributed by atoms with Gasteiger partial charge in [-0.1, -0.05) is 12.1 Å². The van der Waals surface area contributed by atoms with Crippen molar-refractivity contribution in [2.75, 3.05) is 26.6 Å². The molecule has 0 aliphatic heterocycles. The van der Waals surface area contributed by atoms with Gasteiger partial charge in [0.25, 0.3) is 5.91 Å². The molecular formula is C21H20F3N3O4S. The van der Waals surface area contributed by atoms with Crippen LogP contribution in [0.25, 0.3) is 0 Å². The molecule has 0 spiro atoms. The highest BCUT2D eigenvalue weighted by Crippen LogP contribution is 2.40. The summed E-state index contributed by atoms with van der Waals surface area (Å²) < 4.78 is 54.4. The van der Waals surface area contributed by atoms with Gasteiger partial charge in [0.1, 0.15) is 5.69 Å².